The molecule has 1 aliphatic rings. The van der Waals surface area contributed by atoms with Gasteiger partial charge >= 0.3 is 0 Å². The average molecular weight is 180 g/mol. The van der Waals surface area contributed by atoms with E-state index < -0.39 is 0 Å². The molecule has 1 fully saturated rings. The highest BCUT2D eigenvalue weighted by molar-refractivity contribution is 5.87. The van der Waals surface area contributed by atoms with Gasteiger partial charge < -0.3 is 10.2 Å². The van der Waals surface area contributed by atoms with Gasteiger partial charge in [-0.1, -0.05) is 5.92 Å². The van der Waals surface area contributed by atoms with Crippen molar-refractivity contribution < 1.29 is 9.59 Å². The lowest BCUT2D eigenvalue weighted by atomic mass is 10.4. The van der Waals surface area contributed by atoms with Crippen molar-refractivity contribution in [3.05, 3.63) is 0 Å². The van der Waals surface area contributed by atoms with Gasteiger partial charge in [0.15, 0.2) is 0 Å². The Hall–Kier alpha value is -1.50. The van der Waals surface area contributed by atoms with Gasteiger partial charge in [-0.25, -0.2) is 0 Å². The Balaban J connectivity index is 2.55. The minimum atomic E-state index is -0.0692. The van der Waals surface area contributed by atoms with Crippen molar-refractivity contribution in [2.24, 2.45) is 0 Å². The van der Waals surface area contributed by atoms with Crippen molar-refractivity contribution in [3.8, 4) is 11.8 Å². The molecule has 0 atom stereocenters. The molecule has 1 saturated heterocycles. The van der Waals surface area contributed by atoms with Gasteiger partial charge in [0.25, 0.3) is 0 Å². The number of nitrogens with one attached hydrogen (secondary N) is 1. The summed E-state index contributed by atoms with van der Waals surface area (Å²) < 4.78 is 0. The molecule has 0 aromatic carbocycles. The maximum Gasteiger partial charge on any atom is 0.242 e. The average Bonchev–Trinajstić information content (AvgIpc) is 2.28. The first-order valence-electron chi connectivity index (χ1n) is 4.18. The van der Waals surface area contributed by atoms with Crippen LogP contribution in [0.2, 0.25) is 0 Å². The molecule has 0 aliphatic carbocycles. The molecule has 0 saturated carbocycles. The standard InChI is InChI=1S/C9H12N2O2/c1-2-3-5-11-6-4-8(12)10-7-9(11)13/h4-7H2,1H3,(H,10,12). The molecule has 1 heterocycles. The SMILES string of the molecule is CC#CCN1CCC(=O)NCC1=O. The molecule has 4 heteroatoms. The minimum Gasteiger partial charge on any atom is -0.347 e. The van der Waals surface area contributed by atoms with Crippen molar-refractivity contribution in [1.29, 1.82) is 0 Å². The van der Waals surface area contributed by atoms with Crippen LogP contribution in [0.1, 0.15) is 13.3 Å². The number of carbonyl (C=O) groups excluding carboxylic acids is 2. The van der Waals surface area contributed by atoms with Crippen LogP contribution in [0.5, 0.6) is 0 Å². The van der Waals surface area contributed by atoms with Gasteiger partial charge in [0.2, 0.25) is 11.8 Å². The predicted molar refractivity (Wildman–Crippen MR) is 47.7 cm³/mol. The fourth-order valence-corrected chi connectivity index (χ4v) is 1.08. The molecule has 0 bridgehead atoms. The summed E-state index contributed by atoms with van der Waals surface area (Å²) in [4.78, 5) is 23.8. The summed E-state index contributed by atoms with van der Waals surface area (Å²) in [6.07, 6.45) is 0.372. The van der Waals surface area contributed by atoms with Crippen molar-refractivity contribution in [1.82, 2.24) is 10.2 Å². The molecule has 0 radical (unpaired) electrons. The van der Waals surface area contributed by atoms with E-state index in [4.69, 9.17) is 0 Å². The molecule has 2 amide bonds. The maximum absolute atomic E-state index is 11.3. The second-order valence-corrected chi connectivity index (χ2v) is 2.77. The quantitative estimate of drug-likeness (QED) is 0.545. The fraction of sp³-hybridized carbons (Fsp3) is 0.556. The Labute approximate surface area is 77.3 Å². The molecule has 0 unspecified atom stereocenters. The summed E-state index contributed by atoms with van der Waals surface area (Å²) in [6.45, 7) is 2.72. The number of nitrogens with zero attached hydrogens (tertiary/aromatic N) is 1. The van der Waals surface area contributed by atoms with Crippen LogP contribution in [-0.4, -0.2) is 36.3 Å². The molecule has 1 N–H and O–H groups in total. The molecule has 1 aliphatic heterocycles. The molecule has 0 aromatic rings. The third kappa shape index (κ3) is 2.79. The van der Waals surface area contributed by atoms with Gasteiger partial charge in [-0.05, 0) is 6.92 Å². The van der Waals surface area contributed by atoms with Crippen LogP contribution >= 0.6 is 0 Å². The van der Waals surface area contributed by atoms with Gasteiger partial charge in [0.05, 0.1) is 13.1 Å². The lowest BCUT2D eigenvalue weighted by molar-refractivity contribution is -0.129. The maximum atomic E-state index is 11.3. The second-order valence-electron chi connectivity index (χ2n) is 2.77. The van der Waals surface area contributed by atoms with Crippen molar-refractivity contribution in [2.45, 2.75) is 13.3 Å². The van der Waals surface area contributed by atoms with Crippen LogP contribution in [0.4, 0.5) is 0 Å². The number of rotatable bonds is 1. The number of hydrogen-bond donors (Lipinski definition) is 1. The summed E-state index contributed by atoms with van der Waals surface area (Å²) in [5.74, 6) is 5.39. The van der Waals surface area contributed by atoms with Gasteiger partial charge in [0, 0.05) is 13.0 Å². The predicted octanol–water partition coefficient (Wildman–Crippen LogP) is -0.642. The van der Waals surface area contributed by atoms with Gasteiger partial charge in [-0.3, -0.25) is 9.59 Å². The van der Waals surface area contributed by atoms with Gasteiger partial charge in [0.1, 0.15) is 0 Å². The Morgan fingerprint density at radius 1 is 1.54 bits per heavy atom. The van der Waals surface area contributed by atoms with E-state index in [1.807, 2.05) is 0 Å². The third-order valence-corrected chi connectivity index (χ3v) is 1.84. The first-order valence-corrected chi connectivity index (χ1v) is 4.18. The molecule has 70 valence electrons. The Kier molecular flexibility index (Phi) is 3.32. The zero-order valence-corrected chi connectivity index (χ0v) is 7.59. The zero-order chi connectivity index (χ0) is 9.68. The topological polar surface area (TPSA) is 49.4 Å². The van der Waals surface area contributed by atoms with Gasteiger partial charge in [-0.15, -0.1) is 5.92 Å². The summed E-state index contributed by atoms with van der Waals surface area (Å²) in [7, 11) is 0. The van der Waals surface area contributed by atoms with E-state index in [-0.39, 0.29) is 18.4 Å². The fourth-order valence-electron chi connectivity index (χ4n) is 1.08. The first kappa shape index (κ1) is 9.59. The number of amides is 2. The summed E-state index contributed by atoms with van der Waals surface area (Å²) in [5.41, 5.74) is 0. The highest BCUT2D eigenvalue weighted by atomic mass is 16.2. The molecule has 0 spiro atoms. The van der Waals surface area contributed by atoms with Crippen molar-refractivity contribution >= 4 is 11.8 Å². The lowest BCUT2D eigenvalue weighted by Crippen LogP contribution is -2.35. The largest absolute Gasteiger partial charge is 0.347 e. The van der Waals surface area contributed by atoms with Crippen LogP contribution in [0.15, 0.2) is 0 Å². The smallest absolute Gasteiger partial charge is 0.242 e. The van der Waals surface area contributed by atoms with Crippen LogP contribution < -0.4 is 5.32 Å². The summed E-state index contributed by atoms with van der Waals surface area (Å²) in [5, 5.41) is 2.52. The van der Waals surface area contributed by atoms with E-state index in [2.05, 4.69) is 17.2 Å². The highest BCUT2D eigenvalue weighted by Crippen LogP contribution is 1.96. The monoisotopic (exact) mass is 180 g/mol. The van der Waals surface area contributed by atoms with Crippen LogP contribution in [-0.2, 0) is 9.59 Å². The third-order valence-electron chi connectivity index (χ3n) is 1.84. The Bertz CT molecular complexity index is 275. The summed E-state index contributed by atoms with van der Waals surface area (Å²) >= 11 is 0. The van der Waals surface area contributed by atoms with Crippen LogP contribution in [0.3, 0.4) is 0 Å². The number of carbonyl (C=O) groups is 2. The lowest BCUT2D eigenvalue weighted by Gasteiger charge is -2.15. The molecular formula is C9H12N2O2. The van der Waals surface area contributed by atoms with Crippen molar-refractivity contribution in [3.63, 3.8) is 0 Å². The molecule has 13 heavy (non-hydrogen) atoms. The van der Waals surface area contributed by atoms with E-state index in [9.17, 15) is 9.59 Å². The molecule has 1 rings (SSSR count). The first-order chi connectivity index (χ1) is 6.24. The minimum absolute atomic E-state index is 0.0615. The molecule has 0 aromatic heterocycles. The molecule has 4 nitrogen and oxygen atoms in total. The van der Waals surface area contributed by atoms with Crippen LogP contribution in [0.25, 0.3) is 0 Å². The van der Waals surface area contributed by atoms with E-state index in [0.29, 0.717) is 19.5 Å². The van der Waals surface area contributed by atoms with E-state index in [0.717, 1.165) is 0 Å². The van der Waals surface area contributed by atoms with Crippen LogP contribution in [0, 0.1) is 11.8 Å². The summed E-state index contributed by atoms with van der Waals surface area (Å²) in [6, 6.07) is 0. The van der Waals surface area contributed by atoms with Gasteiger partial charge in [-0.2, -0.15) is 0 Å². The number of hydrogen-bond acceptors (Lipinski definition) is 2. The normalized spacial score (nSPS) is 17.2. The second kappa shape index (κ2) is 4.51. The highest BCUT2D eigenvalue weighted by Gasteiger charge is 2.18. The van der Waals surface area contributed by atoms with E-state index >= 15 is 0 Å². The molecular weight excluding hydrogens is 168 g/mol. The Morgan fingerprint density at radius 3 is 3.00 bits per heavy atom. The Morgan fingerprint density at radius 2 is 2.31 bits per heavy atom. The zero-order valence-electron chi connectivity index (χ0n) is 7.59. The van der Waals surface area contributed by atoms with Crippen molar-refractivity contribution in [2.75, 3.05) is 19.6 Å². The van der Waals surface area contributed by atoms with E-state index in [1.54, 1.807) is 11.8 Å². The van der Waals surface area contributed by atoms with E-state index in [1.165, 1.54) is 0 Å².